The van der Waals surface area contributed by atoms with Gasteiger partial charge in [0.15, 0.2) is 0 Å². The summed E-state index contributed by atoms with van der Waals surface area (Å²) >= 11 is 5.31. The van der Waals surface area contributed by atoms with Gasteiger partial charge in [-0.2, -0.15) is 0 Å². The number of aromatic nitrogens is 1. The fourth-order valence-corrected chi connectivity index (χ4v) is 3.56. The van der Waals surface area contributed by atoms with Crippen molar-refractivity contribution in [3.8, 4) is 27.6 Å². The van der Waals surface area contributed by atoms with Crippen LogP contribution >= 0.6 is 27.3 Å². The molecule has 4 heteroatoms. The number of rotatable bonds is 3. The molecule has 0 N–H and O–H groups in total. The number of ether oxygens (including phenoxy) is 1. The first kappa shape index (κ1) is 14.3. The predicted octanol–water partition coefficient (Wildman–Crippen LogP) is 5.56. The van der Waals surface area contributed by atoms with Crippen molar-refractivity contribution in [1.29, 1.82) is 0 Å². The zero-order valence-electron chi connectivity index (χ0n) is 11.8. The SMILES string of the molecule is COc1ccc(-c2nc(-c3ccccc3Br)c(C)s2)cc1. The molecule has 21 heavy (non-hydrogen) atoms. The maximum atomic E-state index is 5.20. The van der Waals surface area contributed by atoms with Crippen LogP contribution in [0.3, 0.4) is 0 Å². The van der Waals surface area contributed by atoms with Crippen molar-refractivity contribution in [2.45, 2.75) is 6.92 Å². The fraction of sp³-hybridized carbons (Fsp3) is 0.118. The van der Waals surface area contributed by atoms with Crippen molar-refractivity contribution in [3.63, 3.8) is 0 Å². The number of hydrogen-bond donors (Lipinski definition) is 0. The fourth-order valence-electron chi connectivity index (χ4n) is 2.16. The molecule has 0 radical (unpaired) electrons. The molecule has 106 valence electrons. The van der Waals surface area contributed by atoms with Gasteiger partial charge in [0, 0.05) is 20.5 Å². The van der Waals surface area contributed by atoms with Crippen LogP contribution in [0.15, 0.2) is 53.0 Å². The van der Waals surface area contributed by atoms with Crippen LogP contribution in [0.5, 0.6) is 5.75 Å². The Labute approximate surface area is 136 Å². The predicted molar refractivity (Wildman–Crippen MR) is 92.0 cm³/mol. The molecule has 0 amide bonds. The summed E-state index contributed by atoms with van der Waals surface area (Å²) in [5, 5.41) is 1.03. The molecule has 3 aromatic rings. The second kappa shape index (κ2) is 6.00. The van der Waals surface area contributed by atoms with E-state index >= 15 is 0 Å². The summed E-state index contributed by atoms with van der Waals surface area (Å²) < 4.78 is 6.26. The molecule has 1 aromatic heterocycles. The molecule has 0 aliphatic carbocycles. The lowest BCUT2D eigenvalue weighted by molar-refractivity contribution is 0.415. The molecular weight excluding hydrogens is 346 g/mol. The Hall–Kier alpha value is -1.65. The minimum absolute atomic E-state index is 0.859. The number of halogens is 1. The van der Waals surface area contributed by atoms with Gasteiger partial charge < -0.3 is 4.74 Å². The van der Waals surface area contributed by atoms with E-state index in [1.54, 1.807) is 18.4 Å². The summed E-state index contributed by atoms with van der Waals surface area (Å²) in [5.41, 5.74) is 3.28. The van der Waals surface area contributed by atoms with Gasteiger partial charge >= 0.3 is 0 Å². The third-order valence-corrected chi connectivity index (χ3v) is 4.97. The minimum Gasteiger partial charge on any atom is -0.497 e. The van der Waals surface area contributed by atoms with Crippen LogP contribution in [-0.2, 0) is 0 Å². The Balaban J connectivity index is 2.03. The number of hydrogen-bond acceptors (Lipinski definition) is 3. The topological polar surface area (TPSA) is 22.1 Å². The third kappa shape index (κ3) is 2.87. The highest BCUT2D eigenvalue weighted by Gasteiger charge is 2.13. The first-order chi connectivity index (χ1) is 10.2. The second-order valence-electron chi connectivity index (χ2n) is 4.63. The van der Waals surface area contributed by atoms with Gasteiger partial charge in [-0.25, -0.2) is 4.98 Å². The Morgan fingerprint density at radius 3 is 2.43 bits per heavy atom. The average Bonchev–Trinajstić information content (AvgIpc) is 2.90. The lowest BCUT2D eigenvalue weighted by Crippen LogP contribution is -1.84. The van der Waals surface area contributed by atoms with Crippen LogP contribution in [0.1, 0.15) is 4.88 Å². The number of methoxy groups -OCH3 is 1. The second-order valence-corrected chi connectivity index (χ2v) is 6.69. The highest BCUT2D eigenvalue weighted by atomic mass is 79.9. The quantitative estimate of drug-likeness (QED) is 0.610. The molecule has 0 fully saturated rings. The van der Waals surface area contributed by atoms with E-state index in [4.69, 9.17) is 9.72 Å². The normalized spacial score (nSPS) is 10.6. The van der Waals surface area contributed by atoms with Gasteiger partial charge in [-0.1, -0.05) is 34.1 Å². The summed E-state index contributed by atoms with van der Waals surface area (Å²) in [5.74, 6) is 0.859. The summed E-state index contributed by atoms with van der Waals surface area (Å²) in [6, 6.07) is 16.2. The monoisotopic (exact) mass is 359 g/mol. The van der Waals surface area contributed by atoms with Gasteiger partial charge in [-0.15, -0.1) is 11.3 Å². The molecule has 0 aliphatic rings. The molecule has 1 heterocycles. The summed E-state index contributed by atoms with van der Waals surface area (Å²) in [6.45, 7) is 2.11. The van der Waals surface area contributed by atoms with E-state index in [1.165, 1.54) is 4.88 Å². The van der Waals surface area contributed by atoms with Crippen molar-refractivity contribution in [2.24, 2.45) is 0 Å². The van der Waals surface area contributed by atoms with Gasteiger partial charge in [0.25, 0.3) is 0 Å². The van der Waals surface area contributed by atoms with Crippen molar-refractivity contribution in [1.82, 2.24) is 4.98 Å². The molecule has 2 aromatic carbocycles. The van der Waals surface area contributed by atoms with Gasteiger partial charge in [-0.05, 0) is 37.3 Å². The van der Waals surface area contributed by atoms with Crippen molar-refractivity contribution < 1.29 is 4.74 Å². The Morgan fingerprint density at radius 1 is 1.05 bits per heavy atom. The Kier molecular flexibility index (Phi) is 4.08. The average molecular weight is 360 g/mol. The van der Waals surface area contributed by atoms with E-state index in [-0.39, 0.29) is 0 Å². The van der Waals surface area contributed by atoms with E-state index in [1.807, 2.05) is 42.5 Å². The van der Waals surface area contributed by atoms with Crippen LogP contribution in [0.4, 0.5) is 0 Å². The largest absolute Gasteiger partial charge is 0.497 e. The van der Waals surface area contributed by atoms with Crippen molar-refractivity contribution >= 4 is 27.3 Å². The molecule has 2 nitrogen and oxygen atoms in total. The molecule has 0 unspecified atom stereocenters. The highest BCUT2D eigenvalue weighted by molar-refractivity contribution is 9.10. The maximum Gasteiger partial charge on any atom is 0.124 e. The number of thiazole rings is 1. The molecule has 0 bridgehead atoms. The lowest BCUT2D eigenvalue weighted by atomic mass is 10.1. The lowest BCUT2D eigenvalue weighted by Gasteiger charge is -2.02. The summed E-state index contributed by atoms with van der Waals surface area (Å²) in [7, 11) is 1.67. The van der Waals surface area contributed by atoms with Crippen LogP contribution in [0.25, 0.3) is 21.8 Å². The molecule has 0 atom stereocenters. The zero-order valence-corrected chi connectivity index (χ0v) is 14.2. The standard InChI is InChI=1S/C17H14BrNOS/c1-11-16(14-5-3-4-6-15(14)18)19-17(21-11)12-7-9-13(20-2)10-8-12/h3-10H,1-2H3. The summed E-state index contributed by atoms with van der Waals surface area (Å²) in [6.07, 6.45) is 0. The van der Waals surface area contributed by atoms with Crippen LogP contribution < -0.4 is 4.74 Å². The number of nitrogens with zero attached hydrogens (tertiary/aromatic N) is 1. The maximum absolute atomic E-state index is 5.20. The van der Waals surface area contributed by atoms with E-state index in [2.05, 4.69) is 28.9 Å². The zero-order chi connectivity index (χ0) is 14.8. The Bertz CT molecular complexity index is 765. The Morgan fingerprint density at radius 2 is 1.76 bits per heavy atom. The first-order valence-corrected chi connectivity index (χ1v) is 8.17. The number of aryl methyl sites for hydroxylation is 1. The number of benzene rings is 2. The van der Waals surface area contributed by atoms with Crippen LogP contribution in [0.2, 0.25) is 0 Å². The minimum atomic E-state index is 0.859. The van der Waals surface area contributed by atoms with E-state index < -0.39 is 0 Å². The first-order valence-electron chi connectivity index (χ1n) is 6.56. The molecule has 0 saturated carbocycles. The van der Waals surface area contributed by atoms with Crippen LogP contribution in [-0.4, -0.2) is 12.1 Å². The molecule has 0 saturated heterocycles. The highest BCUT2D eigenvalue weighted by Crippen LogP contribution is 2.36. The van der Waals surface area contributed by atoms with Gasteiger partial charge in [-0.3, -0.25) is 0 Å². The van der Waals surface area contributed by atoms with Crippen LogP contribution in [0, 0.1) is 6.92 Å². The van der Waals surface area contributed by atoms with Gasteiger partial charge in [0.1, 0.15) is 10.8 Å². The third-order valence-electron chi connectivity index (χ3n) is 3.26. The van der Waals surface area contributed by atoms with E-state index in [0.29, 0.717) is 0 Å². The van der Waals surface area contributed by atoms with Crippen molar-refractivity contribution in [2.75, 3.05) is 7.11 Å². The molecule has 0 spiro atoms. The van der Waals surface area contributed by atoms with Gasteiger partial charge in [0.05, 0.1) is 12.8 Å². The molecule has 0 aliphatic heterocycles. The van der Waals surface area contributed by atoms with E-state index in [0.717, 1.165) is 32.1 Å². The van der Waals surface area contributed by atoms with E-state index in [9.17, 15) is 0 Å². The molecule has 3 rings (SSSR count). The molecular formula is C17H14BrNOS. The summed E-state index contributed by atoms with van der Waals surface area (Å²) in [4.78, 5) is 6.03. The van der Waals surface area contributed by atoms with Crippen molar-refractivity contribution in [3.05, 3.63) is 57.9 Å². The smallest absolute Gasteiger partial charge is 0.124 e. The van der Waals surface area contributed by atoms with Gasteiger partial charge in [0.2, 0.25) is 0 Å².